The molecule has 1 fully saturated rings. The summed E-state index contributed by atoms with van der Waals surface area (Å²) < 4.78 is 28.2. The molecule has 2 rings (SSSR count). The molecule has 0 bridgehead atoms. The molecule has 0 N–H and O–H groups in total. The number of hydrogen-bond acceptors (Lipinski definition) is 4. The van der Waals surface area contributed by atoms with E-state index >= 15 is 0 Å². The molecule has 1 atom stereocenters. The van der Waals surface area contributed by atoms with Gasteiger partial charge in [0.25, 0.3) is 5.91 Å². The lowest BCUT2D eigenvalue weighted by Gasteiger charge is -2.23. The molecular formula is C15H21NO4S. The molecule has 1 aromatic carbocycles. The lowest BCUT2D eigenvalue weighted by Crippen LogP contribution is -2.35. The van der Waals surface area contributed by atoms with Crippen LogP contribution < -0.4 is 0 Å². The third-order valence-corrected chi connectivity index (χ3v) is 4.83. The monoisotopic (exact) mass is 311 g/mol. The summed E-state index contributed by atoms with van der Waals surface area (Å²) in [5.74, 6) is 0.327. The van der Waals surface area contributed by atoms with Gasteiger partial charge in [0.05, 0.1) is 11.5 Å². The number of carbonyl (C=O) groups is 1. The SMILES string of the molecule is CCN(C[C@@H]1CCOC1)C(=O)c1ccc(S(C)(=O)=O)cc1. The summed E-state index contributed by atoms with van der Waals surface area (Å²) in [6.45, 7) is 4.72. The normalized spacial score (nSPS) is 18.7. The minimum atomic E-state index is -3.23. The van der Waals surface area contributed by atoms with E-state index in [1.165, 1.54) is 12.1 Å². The van der Waals surface area contributed by atoms with Crippen molar-refractivity contribution < 1.29 is 17.9 Å². The van der Waals surface area contributed by atoms with Crippen molar-refractivity contribution >= 4 is 15.7 Å². The highest BCUT2D eigenvalue weighted by Crippen LogP contribution is 2.17. The largest absolute Gasteiger partial charge is 0.381 e. The minimum absolute atomic E-state index is 0.0653. The molecule has 0 saturated carbocycles. The van der Waals surface area contributed by atoms with E-state index in [2.05, 4.69) is 0 Å². The average Bonchev–Trinajstić information content (AvgIpc) is 2.96. The second-order valence-corrected chi connectivity index (χ2v) is 7.39. The number of hydrogen-bond donors (Lipinski definition) is 0. The number of ether oxygens (including phenoxy) is 1. The van der Waals surface area contributed by atoms with Crippen LogP contribution in [-0.2, 0) is 14.6 Å². The molecule has 0 unspecified atom stereocenters. The molecule has 0 aliphatic carbocycles. The van der Waals surface area contributed by atoms with Crippen molar-refractivity contribution in [1.29, 1.82) is 0 Å². The maximum atomic E-state index is 12.5. The molecule has 1 saturated heterocycles. The van der Waals surface area contributed by atoms with E-state index in [-0.39, 0.29) is 10.8 Å². The van der Waals surface area contributed by atoms with Gasteiger partial charge < -0.3 is 9.64 Å². The van der Waals surface area contributed by atoms with Gasteiger partial charge in [-0.3, -0.25) is 4.79 Å². The number of carbonyl (C=O) groups excluding carboxylic acids is 1. The molecule has 0 spiro atoms. The quantitative estimate of drug-likeness (QED) is 0.828. The van der Waals surface area contributed by atoms with Gasteiger partial charge in [-0.15, -0.1) is 0 Å². The highest BCUT2D eigenvalue weighted by molar-refractivity contribution is 7.90. The van der Waals surface area contributed by atoms with Crippen molar-refractivity contribution in [2.75, 3.05) is 32.6 Å². The Labute approximate surface area is 125 Å². The topological polar surface area (TPSA) is 63.7 Å². The smallest absolute Gasteiger partial charge is 0.253 e. The molecule has 1 amide bonds. The van der Waals surface area contributed by atoms with Gasteiger partial charge in [-0.25, -0.2) is 8.42 Å². The predicted octanol–water partition coefficient (Wildman–Crippen LogP) is 1.59. The van der Waals surface area contributed by atoms with Gasteiger partial charge in [-0.1, -0.05) is 0 Å². The van der Waals surface area contributed by atoms with Crippen LogP contribution in [0.25, 0.3) is 0 Å². The molecule has 1 aliphatic heterocycles. The van der Waals surface area contributed by atoms with E-state index in [4.69, 9.17) is 4.74 Å². The number of rotatable bonds is 5. The fourth-order valence-corrected chi connectivity index (χ4v) is 3.05. The van der Waals surface area contributed by atoms with Crippen LogP contribution in [0.15, 0.2) is 29.2 Å². The van der Waals surface area contributed by atoms with Gasteiger partial charge in [-0.05, 0) is 37.6 Å². The van der Waals surface area contributed by atoms with E-state index in [0.29, 0.717) is 31.2 Å². The van der Waals surface area contributed by atoms with Gasteiger partial charge in [0.2, 0.25) is 0 Å². The third-order valence-electron chi connectivity index (χ3n) is 3.70. The average molecular weight is 311 g/mol. The van der Waals surface area contributed by atoms with Crippen LogP contribution in [0.2, 0.25) is 0 Å². The fraction of sp³-hybridized carbons (Fsp3) is 0.533. The number of amides is 1. The second kappa shape index (κ2) is 6.58. The van der Waals surface area contributed by atoms with Gasteiger partial charge in [0.1, 0.15) is 0 Å². The maximum absolute atomic E-state index is 12.5. The van der Waals surface area contributed by atoms with Crippen LogP contribution in [0.3, 0.4) is 0 Å². The Balaban J connectivity index is 2.09. The lowest BCUT2D eigenvalue weighted by atomic mass is 10.1. The first-order chi connectivity index (χ1) is 9.91. The molecule has 1 heterocycles. The van der Waals surface area contributed by atoms with Gasteiger partial charge in [0.15, 0.2) is 9.84 Å². The summed E-state index contributed by atoms with van der Waals surface area (Å²) in [4.78, 5) is 14.5. The van der Waals surface area contributed by atoms with E-state index < -0.39 is 9.84 Å². The Morgan fingerprint density at radius 1 is 1.33 bits per heavy atom. The van der Waals surface area contributed by atoms with Gasteiger partial charge in [0, 0.05) is 37.4 Å². The van der Waals surface area contributed by atoms with Crippen LogP contribution in [0.5, 0.6) is 0 Å². The van der Waals surface area contributed by atoms with E-state index in [1.54, 1.807) is 17.0 Å². The van der Waals surface area contributed by atoms with Crippen LogP contribution in [0.4, 0.5) is 0 Å². The predicted molar refractivity (Wildman–Crippen MR) is 80.1 cm³/mol. The van der Waals surface area contributed by atoms with Crippen LogP contribution in [-0.4, -0.2) is 51.8 Å². The van der Waals surface area contributed by atoms with E-state index in [0.717, 1.165) is 19.3 Å². The first-order valence-corrected chi connectivity index (χ1v) is 8.98. The zero-order valence-corrected chi connectivity index (χ0v) is 13.2. The lowest BCUT2D eigenvalue weighted by molar-refractivity contribution is 0.0730. The molecular weight excluding hydrogens is 290 g/mol. The summed E-state index contributed by atoms with van der Waals surface area (Å²) >= 11 is 0. The van der Waals surface area contributed by atoms with E-state index in [1.807, 2.05) is 6.92 Å². The van der Waals surface area contributed by atoms with E-state index in [9.17, 15) is 13.2 Å². The number of benzene rings is 1. The van der Waals surface area contributed by atoms with Crippen molar-refractivity contribution in [3.05, 3.63) is 29.8 Å². The first-order valence-electron chi connectivity index (χ1n) is 7.09. The van der Waals surface area contributed by atoms with Gasteiger partial charge >= 0.3 is 0 Å². The molecule has 1 aromatic rings. The summed E-state index contributed by atoms with van der Waals surface area (Å²) in [5, 5.41) is 0. The Hall–Kier alpha value is -1.40. The van der Waals surface area contributed by atoms with Crippen LogP contribution in [0.1, 0.15) is 23.7 Å². The molecule has 116 valence electrons. The second-order valence-electron chi connectivity index (χ2n) is 5.37. The molecule has 5 nitrogen and oxygen atoms in total. The minimum Gasteiger partial charge on any atom is -0.381 e. The molecule has 21 heavy (non-hydrogen) atoms. The molecule has 0 aromatic heterocycles. The third kappa shape index (κ3) is 4.04. The maximum Gasteiger partial charge on any atom is 0.253 e. The van der Waals surface area contributed by atoms with Crippen molar-refractivity contribution in [1.82, 2.24) is 4.90 Å². The summed E-state index contributed by atoms with van der Waals surface area (Å²) in [6.07, 6.45) is 2.14. The van der Waals surface area contributed by atoms with Crippen LogP contribution >= 0.6 is 0 Å². The summed E-state index contributed by atoms with van der Waals surface area (Å²) in [6, 6.07) is 6.11. The molecule has 6 heteroatoms. The van der Waals surface area contributed by atoms with Gasteiger partial charge in [-0.2, -0.15) is 0 Å². The van der Waals surface area contributed by atoms with Crippen molar-refractivity contribution in [2.45, 2.75) is 18.2 Å². The highest BCUT2D eigenvalue weighted by Gasteiger charge is 2.22. The summed E-state index contributed by atoms with van der Waals surface area (Å²) in [7, 11) is -3.23. The Morgan fingerprint density at radius 2 is 2.00 bits per heavy atom. The standard InChI is InChI=1S/C15H21NO4S/c1-3-16(10-12-8-9-20-11-12)15(17)13-4-6-14(7-5-13)21(2,18)19/h4-7,12H,3,8-11H2,1-2H3/t12-/m0/s1. The Bertz CT molecular complexity index is 589. The summed E-state index contributed by atoms with van der Waals surface area (Å²) in [5.41, 5.74) is 0.517. The first kappa shape index (κ1) is 16.0. The zero-order chi connectivity index (χ0) is 15.5. The number of sulfone groups is 1. The fourth-order valence-electron chi connectivity index (χ4n) is 2.42. The highest BCUT2D eigenvalue weighted by atomic mass is 32.2. The Morgan fingerprint density at radius 3 is 2.48 bits per heavy atom. The Kier molecular flexibility index (Phi) is 5.00. The van der Waals surface area contributed by atoms with Crippen LogP contribution in [0, 0.1) is 5.92 Å². The van der Waals surface area contributed by atoms with Crippen molar-refractivity contribution in [3.63, 3.8) is 0 Å². The molecule has 0 radical (unpaired) electrons. The van der Waals surface area contributed by atoms with Crippen molar-refractivity contribution in [3.8, 4) is 0 Å². The van der Waals surface area contributed by atoms with Crippen molar-refractivity contribution in [2.24, 2.45) is 5.92 Å². The number of nitrogens with zero attached hydrogens (tertiary/aromatic N) is 1. The molecule has 1 aliphatic rings. The zero-order valence-electron chi connectivity index (χ0n) is 12.4.